The van der Waals surface area contributed by atoms with Crippen LogP contribution in [0.5, 0.6) is 5.75 Å². The highest BCUT2D eigenvalue weighted by molar-refractivity contribution is 9.10. The van der Waals surface area contributed by atoms with Crippen LogP contribution in [0.2, 0.25) is 5.02 Å². The molecule has 0 spiro atoms. The smallest absolute Gasteiger partial charge is 0.346 e. The molecule has 5 heteroatoms. The van der Waals surface area contributed by atoms with Crippen molar-refractivity contribution in [2.24, 2.45) is 0 Å². The second-order valence-electron chi connectivity index (χ2n) is 2.86. The molecular formula is C10H10BrClO3. The third kappa shape index (κ3) is 3.39. The number of benzene rings is 1. The Hall–Kier alpha value is -0.740. The van der Waals surface area contributed by atoms with Crippen molar-refractivity contribution in [2.75, 3.05) is 7.11 Å². The Kier molecular flexibility index (Phi) is 4.42. The molecule has 0 heterocycles. The average molecular weight is 294 g/mol. The molecule has 1 rings (SSSR count). The molecule has 1 aromatic carbocycles. The second kappa shape index (κ2) is 5.37. The molecular weight excluding hydrogens is 283 g/mol. The van der Waals surface area contributed by atoms with Gasteiger partial charge in [0.25, 0.3) is 0 Å². The van der Waals surface area contributed by atoms with E-state index in [0.717, 1.165) is 4.47 Å². The van der Waals surface area contributed by atoms with Gasteiger partial charge in [-0.15, -0.1) is 0 Å². The molecule has 0 N–H and O–H groups in total. The van der Waals surface area contributed by atoms with Crippen molar-refractivity contribution >= 4 is 33.5 Å². The predicted molar refractivity (Wildman–Crippen MR) is 61.3 cm³/mol. The third-order valence-corrected chi connectivity index (χ3v) is 2.52. The first-order valence-electron chi connectivity index (χ1n) is 4.24. The fourth-order valence-corrected chi connectivity index (χ4v) is 1.69. The minimum absolute atomic E-state index is 0.436. The van der Waals surface area contributed by atoms with Gasteiger partial charge in [-0.1, -0.05) is 27.5 Å². The number of carbonyl (C=O) groups is 1. The van der Waals surface area contributed by atoms with Crippen LogP contribution in [-0.4, -0.2) is 19.2 Å². The van der Waals surface area contributed by atoms with E-state index in [1.807, 2.05) is 0 Å². The summed E-state index contributed by atoms with van der Waals surface area (Å²) in [5.41, 5.74) is 0. The molecule has 0 unspecified atom stereocenters. The Morgan fingerprint density at radius 1 is 1.53 bits per heavy atom. The predicted octanol–water partition coefficient (Wildman–Crippen LogP) is 3.04. The molecule has 0 aliphatic heterocycles. The van der Waals surface area contributed by atoms with E-state index in [-0.39, 0.29) is 0 Å². The molecule has 82 valence electrons. The highest BCUT2D eigenvalue weighted by atomic mass is 79.9. The monoisotopic (exact) mass is 292 g/mol. The lowest BCUT2D eigenvalue weighted by Gasteiger charge is -2.13. The molecule has 1 atom stereocenters. The van der Waals surface area contributed by atoms with Gasteiger partial charge in [-0.25, -0.2) is 4.79 Å². The highest BCUT2D eigenvalue weighted by Crippen LogP contribution is 2.28. The first kappa shape index (κ1) is 12.3. The Bertz CT molecular complexity index is 368. The first-order valence-corrected chi connectivity index (χ1v) is 5.41. The molecule has 0 saturated heterocycles. The summed E-state index contributed by atoms with van der Waals surface area (Å²) < 4.78 is 10.7. The van der Waals surface area contributed by atoms with Crippen LogP contribution in [-0.2, 0) is 9.53 Å². The zero-order valence-electron chi connectivity index (χ0n) is 8.29. The van der Waals surface area contributed by atoms with Crippen LogP contribution < -0.4 is 4.74 Å². The van der Waals surface area contributed by atoms with Crippen molar-refractivity contribution in [3.8, 4) is 5.75 Å². The summed E-state index contributed by atoms with van der Waals surface area (Å²) in [5.74, 6) is 0.0201. The molecule has 0 aromatic heterocycles. The average Bonchev–Trinajstić information content (AvgIpc) is 2.20. The number of methoxy groups -OCH3 is 1. The van der Waals surface area contributed by atoms with Crippen LogP contribution in [0.4, 0.5) is 0 Å². The SMILES string of the molecule is COC(=O)[C@H](C)Oc1ccc(Br)cc1Cl. The van der Waals surface area contributed by atoms with E-state index in [2.05, 4.69) is 20.7 Å². The van der Waals surface area contributed by atoms with Crippen LogP contribution in [0, 0.1) is 0 Å². The molecule has 1 aromatic rings. The largest absolute Gasteiger partial charge is 0.477 e. The molecule has 0 aliphatic carbocycles. The highest BCUT2D eigenvalue weighted by Gasteiger charge is 2.16. The fourth-order valence-electron chi connectivity index (χ4n) is 0.975. The van der Waals surface area contributed by atoms with E-state index in [1.165, 1.54) is 7.11 Å². The van der Waals surface area contributed by atoms with Gasteiger partial charge >= 0.3 is 5.97 Å². The zero-order valence-corrected chi connectivity index (χ0v) is 10.6. The molecule has 15 heavy (non-hydrogen) atoms. The maximum absolute atomic E-state index is 11.1. The summed E-state index contributed by atoms with van der Waals surface area (Å²) in [5, 5.41) is 0.445. The van der Waals surface area contributed by atoms with Crippen LogP contribution in [0.25, 0.3) is 0 Å². The number of ether oxygens (including phenoxy) is 2. The van der Waals surface area contributed by atoms with E-state index >= 15 is 0 Å². The number of hydrogen-bond acceptors (Lipinski definition) is 3. The topological polar surface area (TPSA) is 35.5 Å². The van der Waals surface area contributed by atoms with Gasteiger partial charge in [0.1, 0.15) is 5.75 Å². The van der Waals surface area contributed by atoms with Gasteiger partial charge in [-0.2, -0.15) is 0 Å². The molecule has 3 nitrogen and oxygen atoms in total. The fraction of sp³-hybridized carbons (Fsp3) is 0.300. The third-order valence-electron chi connectivity index (χ3n) is 1.73. The molecule has 0 fully saturated rings. The molecule has 0 bridgehead atoms. The molecule has 0 radical (unpaired) electrons. The number of esters is 1. The summed E-state index contributed by atoms with van der Waals surface area (Å²) >= 11 is 9.19. The van der Waals surface area contributed by atoms with E-state index < -0.39 is 12.1 Å². The second-order valence-corrected chi connectivity index (χ2v) is 4.18. The zero-order chi connectivity index (χ0) is 11.4. The number of carbonyl (C=O) groups excluding carboxylic acids is 1. The van der Waals surface area contributed by atoms with Gasteiger partial charge in [0.2, 0.25) is 0 Å². The summed E-state index contributed by atoms with van der Waals surface area (Å²) in [7, 11) is 1.31. The maximum atomic E-state index is 11.1. The minimum Gasteiger partial charge on any atom is -0.477 e. The molecule has 0 amide bonds. The quantitative estimate of drug-likeness (QED) is 0.804. The Labute approximate surface area is 101 Å². The summed E-state index contributed by atoms with van der Waals surface area (Å²) in [6, 6.07) is 5.16. The van der Waals surface area contributed by atoms with Crippen molar-refractivity contribution in [3.05, 3.63) is 27.7 Å². The van der Waals surface area contributed by atoms with Crippen molar-refractivity contribution < 1.29 is 14.3 Å². The summed E-state index contributed by atoms with van der Waals surface area (Å²) in [6.45, 7) is 1.60. The van der Waals surface area contributed by atoms with E-state index in [4.69, 9.17) is 16.3 Å². The van der Waals surface area contributed by atoms with Gasteiger partial charge in [0.15, 0.2) is 6.10 Å². The van der Waals surface area contributed by atoms with Crippen molar-refractivity contribution in [1.29, 1.82) is 0 Å². The lowest BCUT2D eigenvalue weighted by molar-refractivity contribution is -0.147. The number of rotatable bonds is 3. The van der Waals surface area contributed by atoms with Crippen LogP contribution >= 0.6 is 27.5 Å². The van der Waals surface area contributed by atoms with E-state index in [0.29, 0.717) is 10.8 Å². The molecule has 0 saturated carbocycles. The lowest BCUT2D eigenvalue weighted by Crippen LogP contribution is -2.24. The Morgan fingerprint density at radius 2 is 2.20 bits per heavy atom. The summed E-state index contributed by atoms with van der Waals surface area (Å²) in [4.78, 5) is 11.1. The Morgan fingerprint density at radius 3 is 2.73 bits per heavy atom. The lowest BCUT2D eigenvalue weighted by atomic mass is 10.3. The molecule has 0 aliphatic rings. The number of hydrogen-bond donors (Lipinski definition) is 0. The van der Waals surface area contributed by atoms with Crippen LogP contribution in [0.1, 0.15) is 6.92 Å². The van der Waals surface area contributed by atoms with Crippen molar-refractivity contribution in [1.82, 2.24) is 0 Å². The normalized spacial score (nSPS) is 12.0. The maximum Gasteiger partial charge on any atom is 0.346 e. The van der Waals surface area contributed by atoms with Crippen LogP contribution in [0.3, 0.4) is 0 Å². The number of halogens is 2. The van der Waals surface area contributed by atoms with Gasteiger partial charge in [0.05, 0.1) is 12.1 Å². The van der Waals surface area contributed by atoms with Gasteiger partial charge in [0, 0.05) is 4.47 Å². The van der Waals surface area contributed by atoms with Gasteiger partial charge in [-0.05, 0) is 25.1 Å². The Balaban J connectivity index is 2.76. The van der Waals surface area contributed by atoms with Gasteiger partial charge in [-0.3, -0.25) is 0 Å². The van der Waals surface area contributed by atoms with E-state index in [9.17, 15) is 4.79 Å². The minimum atomic E-state index is -0.673. The van der Waals surface area contributed by atoms with Crippen LogP contribution in [0.15, 0.2) is 22.7 Å². The van der Waals surface area contributed by atoms with Crippen molar-refractivity contribution in [2.45, 2.75) is 13.0 Å². The van der Waals surface area contributed by atoms with E-state index in [1.54, 1.807) is 25.1 Å². The summed E-state index contributed by atoms with van der Waals surface area (Å²) in [6.07, 6.45) is -0.673. The van der Waals surface area contributed by atoms with Gasteiger partial charge < -0.3 is 9.47 Å². The van der Waals surface area contributed by atoms with Crippen molar-refractivity contribution in [3.63, 3.8) is 0 Å². The standard InChI is InChI=1S/C10H10BrClO3/c1-6(10(13)14-2)15-9-4-3-7(11)5-8(9)12/h3-6H,1-2H3/t6-/m0/s1. The first-order chi connectivity index (χ1) is 7.04.